The van der Waals surface area contributed by atoms with Crippen LogP contribution in [0.25, 0.3) is 0 Å². The van der Waals surface area contributed by atoms with Crippen LogP contribution in [0.3, 0.4) is 0 Å². The Morgan fingerprint density at radius 3 is 2.45 bits per heavy atom. The molecule has 114 valence electrons. The van der Waals surface area contributed by atoms with Gasteiger partial charge in [-0.05, 0) is 33.6 Å². The van der Waals surface area contributed by atoms with Crippen molar-refractivity contribution in [3.8, 4) is 0 Å². The van der Waals surface area contributed by atoms with Crippen molar-refractivity contribution < 1.29 is 13.2 Å². The van der Waals surface area contributed by atoms with Crippen LogP contribution in [0, 0.1) is 0 Å². The van der Waals surface area contributed by atoms with Crippen molar-refractivity contribution in [2.45, 2.75) is 39.0 Å². The third kappa shape index (κ3) is 6.13. The molecule has 0 aromatic heterocycles. The van der Waals surface area contributed by atoms with Crippen molar-refractivity contribution in [2.24, 2.45) is 0 Å². The van der Waals surface area contributed by atoms with Gasteiger partial charge in [-0.2, -0.15) is 13.2 Å². The highest BCUT2D eigenvalue weighted by atomic mass is 79.9. The van der Waals surface area contributed by atoms with E-state index in [0.717, 1.165) is 22.3 Å². The Hall–Kier alpha value is -0.750. The molecule has 0 saturated carbocycles. The second-order valence-electron chi connectivity index (χ2n) is 5.11. The number of nitrogens with zero attached hydrogens (tertiary/aromatic N) is 1. The molecule has 20 heavy (non-hydrogen) atoms. The number of halogens is 4. The Morgan fingerprint density at radius 1 is 1.30 bits per heavy atom. The molecule has 1 rings (SSSR count). The van der Waals surface area contributed by atoms with Crippen molar-refractivity contribution >= 4 is 21.6 Å². The third-order valence-electron chi connectivity index (χ3n) is 2.87. The average molecular weight is 353 g/mol. The molecule has 1 aromatic rings. The van der Waals surface area contributed by atoms with Gasteiger partial charge >= 0.3 is 6.18 Å². The minimum absolute atomic E-state index is 0.0499. The van der Waals surface area contributed by atoms with Gasteiger partial charge < -0.3 is 10.2 Å². The minimum Gasteiger partial charge on any atom is -0.373 e. The van der Waals surface area contributed by atoms with Gasteiger partial charge in [0, 0.05) is 30.7 Å². The highest BCUT2D eigenvalue weighted by Gasteiger charge is 2.27. The summed E-state index contributed by atoms with van der Waals surface area (Å²) in [5.74, 6) is 0. The van der Waals surface area contributed by atoms with Crippen LogP contribution in [0.1, 0.15) is 25.8 Å². The average Bonchev–Trinajstić information content (AvgIpc) is 2.32. The predicted octanol–water partition coefficient (Wildman–Crippen LogP) is 4.34. The molecule has 0 fully saturated rings. The van der Waals surface area contributed by atoms with E-state index >= 15 is 0 Å². The number of rotatable bonds is 6. The predicted molar refractivity (Wildman–Crippen MR) is 80.1 cm³/mol. The van der Waals surface area contributed by atoms with Gasteiger partial charge in [0.1, 0.15) is 0 Å². The fourth-order valence-electron chi connectivity index (χ4n) is 1.71. The highest BCUT2D eigenvalue weighted by Crippen LogP contribution is 2.28. The second-order valence-corrected chi connectivity index (χ2v) is 5.96. The van der Waals surface area contributed by atoms with Gasteiger partial charge in [0.05, 0.1) is 12.1 Å². The largest absolute Gasteiger partial charge is 0.390 e. The molecule has 0 bridgehead atoms. The van der Waals surface area contributed by atoms with Gasteiger partial charge in [0.25, 0.3) is 0 Å². The van der Waals surface area contributed by atoms with Crippen LogP contribution in [-0.4, -0.2) is 25.8 Å². The van der Waals surface area contributed by atoms with E-state index < -0.39 is 12.6 Å². The van der Waals surface area contributed by atoms with E-state index in [-0.39, 0.29) is 6.54 Å². The van der Waals surface area contributed by atoms with Gasteiger partial charge in [-0.1, -0.05) is 19.9 Å². The minimum atomic E-state index is -4.12. The lowest BCUT2D eigenvalue weighted by atomic mass is 10.2. The van der Waals surface area contributed by atoms with E-state index in [1.807, 2.05) is 18.2 Å². The number of alkyl halides is 3. The SMILES string of the molecule is CC(C)NCc1ccc(N(C)CCC(F)(F)F)c(Br)c1. The molecule has 6 heteroatoms. The topological polar surface area (TPSA) is 15.3 Å². The van der Waals surface area contributed by atoms with E-state index in [1.165, 1.54) is 0 Å². The van der Waals surface area contributed by atoms with Crippen LogP contribution < -0.4 is 10.2 Å². The Kier molecular flexibility index (Phi) is 6.33. The molecule has 0 aliphatic rings. The molecule has 0 spiro atoms. The van der Waals surface area contributed by atoms with Gasteiger partial charge in [-0.3, -0.25) is 0 Å². The zero-order valence-corrected chi connectivity index (χ0v) is 13.5. The van der Waals surface area contributed by atoms with Gasteiger partial charge in [-0.15, -0.1) is 0 Å². The van der Waals surface area contributed by atoms with E-state index in [4.69, 9.17) is 0 Å². The fraction of sp³-hybridized carbons (Fsp3) is 0.571. The summed E-state index contributed by atoms with van der Waals surface area (Å²) < 4.78 is 37.5. The normalized spacial score (nSPS) is 12.0. The summed E-state index contributed by atoms with van der Waals surface area (Å²) in [5.41, 5.74) is 1.86. The summed E-state index contributed by atoms with van der Waals surface area (Å²) in [6.45, 7) is 4.82. The van der Waals surface area contributed by atoms with Crippen molar-refractivity contribution in [3.63, 3.8) is 0 Å². The van der Waals surface area contributed by atoms with Crippen molar-refractivity contribution in [3.05, 3.63) is 28.2 Å². The molecule has 0 saturated heterocycles. The number of anilines is 1. The summed E-state index contributed by atoms with van der Waals surface area (Å²) in [5, 5.41) is 3.30. The molecule has 0 radical (unpaired) electrons. The van der Waals surface area contributed by atoms with Crippen LogP contribution in [0.4, 0.5) is 18.9 Å². The lowest BCUT2D eigenvalue weighted by Crippen LogP contribution is -2.24. The lowest BCUT2D eigenvalue weighted by Gasteiger charge is -2.22. The summed E-state index contributed by atoms with van der Waals surface area (Å²) in [4.78, 5) is 1.61. The van der Waals surface area contributed by atoms with Gasteiger partial charge in [0.15, 0.2) is 0 Å². The number of hydrogen-bond acceptors (Lipinski definition) is 2. The van der Waals surface area contributed by atoms with Gasteiger partial charge in [0.2, 0.25) is 0 Å². The molecule has 0 heterocycles. The molecule has 1 N–H and O–H groups in total. The monoisotopic (exact) mass is 352 g/mol. The molecule has 0 atom stereocenters. The van der Waals surface area contributed by atoms with Crippen LogP contribution in [0.15, 0.2) is 22.7 Å². The first kappa shape index (κ1) is 17.3. The summed E-state index contributed by atoms with van der Waals surface area (Å²) in [7, 11) is 1.66. The van der Waals surface area contributed by atoms with Crippen LogP contribution in [0.2, 0.25) is 0 Å². The maximum atomic E-state index is 12.2. The summed E-state index contributed by atoms with van der Waals surface area (Å²) >= 11 is 3.42. The zero-order valence-electron chi connectivity index (χ0n) is 11.9. The number of hydrogen-bond donors (Lipinski definition) is 1. The van der Waals surface area contributed by atoms with E-state index in [0.29, 0.717) is 6.04 Å². The Morgan fingerprint density at radius 2 is 1.95 bits per heavy atom. The number of nitrogens with one attached hydrogen (secondary N) is 1. The van der Waals surface area contributed by atoms with Crippen molar-refractivity contribution in [1.82, 2.24) is 5.32 Å². The van der Waals surface area contributed by atoms with Gasteiger partial charge in [-0.25, -0.2) is 0 Å². The molecule has 0 amide bonds. The maximum absolute atomic E-state index is 12.2. The Balaban J connectivity index is 2.67. The molecule has 1 aromatic carbocycles. The lowest BCUT2D eigenvalue weighted by molar-refractivity contribution is -0.132. The molecule has 0 aliphatic heterocycles. The highest BCUT2D eigenvalue weighted by molar-refractivity contribution is 9.10. The fourth-order valence-corrected chi connectivity index (χ4v) is 2.44. The van der Waals surface area contributed by atoms with E-state index in [2.05, 4.69) is 35.1 Å². The van der Waals surface area contributed by atoms with Crippen LogP contribution >= 0.6 is 15.9 Å². The summed E-state index contributed by atoms with van der Waals surface area (Å²) in [6.07, 6.45) is -4.94. The van der Waals surface area contributed by atoms with Crippen molar-refractivity contribution in [1.29, 1.82) is 0 Å². The summed E-state index contributed by atoms with van der Waals surface area (Å²) in [6, 6.07) is 6.11. The Bertz CT molecular complexity index is 433. The van der Waals surface area contributed by atoms with E-state index in [9.17, 15) is 13.2 Å². The molecule has 0 unspecified atom stereocenters. The van der Waals surface area contributed by atoms with E-state index in [1.54, 1.807) is 11.9 Å². The smallest absolute Gasteiger partial charge is 0.373 e. The first-order valence-electron chi connectivity index (χ1n) is 6.49. The van der Waals surface area contributed by atoms with Crippen LogP contribution in [-0.2, 0) is 6.54 Å². The quantitative estimate of drug-likeness (QED) is 0.819. The first-order chi connectivity index (χ1) is 9.19. The Labute approximate surface area is 126 Å². The molecular formula is C14H20BrF3N2. The maximum Gasteiger partial charge on any atom is 0.390 e. The molecular weight excluding hydrogens is 333 g/mol. The molecule has 0 aliphatic carbocycles. The van der Waals surface area contributed by atoms with Crippen LogP contribution in [0.5, 0.6) is 0 Å². The second kappa shape index (κ2) is 7.31. The van der Waals surface area contributed by atoms with Crippen molar-refractivity contribution in [2.75, 3.05) is 18.5 Å². The third-order valence-corrected chi connectivity index (χ3v) is 3.50. The molecule has 2 nitrogen and oxygen atoms in total. The first-order valence-corrected chi connectivity index (χ1v) is 7.28. The standard InChI is InChI=1S/C14H20BrF3N2/c1-10(2)19-9-11-4-5-13(12(15)8-11)20(3)7-6-14(16,17)18/h4-5,8,10,19H,6-7,9H2,1-3H3. The zero-order chi connectivity index (χ0) is 15.3. The number of benzene rings is 1.